The van der Waals surface area contributed by atoms with Crippen LogP contribution >= 0.6 is 0 Å². The van der Waals surface area contributed by atoms with Crippen molar-refractivity contribution in [2.75, 3.05) is 0 Å². The summed E-state index contributed by atoms with van der Waals surface area (Å²) in [5, 5.41) is 14.5. The molecule has 0 unspecified atom stereocenters. The molecule has 0 saturated carbocycles. The molecule has 2 rings (SSSR count). The Morgan fingerprint density at radius 2 is 2.24 bits per heavy atom. The Morgan fingerprint density at radius 1 is 1.47 bits per heavy atom. The largest absolute Gasteiger partial charge is 0.471 e. The lowest BCUT2D eigenvalue weighted by Gasteiger charge is -1.98. The van der Waals surface area contributed by atoms with Crippen molar-refractivity contribution in [1.82, 2.24) is 19.7 Å². The molecule has 0 bridgehead atoms. The summed E-state index contributed by atoms with van der Waals surface area (Å²) in [6.45, 7) is 0. The molecule has 0 aliphatic carbocycles. The maximum absolute atomic E-state index is 12.2. The summed E-state index contributed by atoms with van der Waals surface area (Å²) >= 11 is 0. The SMILES string of the molecule is ON=C(c1noc(C(F)(F)F)n1)n1ccnc1. The first-order valence-electron chi connectivity index (χ1n) is 4.14. The van der Waals surface area contributed by atoms with Crippen molar-refractivity contribution in [1.29, 1.82) is 0 Å². The van der Waals surface area contributed by atoms with Crippen LogP contribution in [0, 0.1) is 0 Å². The standard InChI is InChI=1S/C7H4F3N5O2/c8-7(9,10)6-12-4(14-17-6)5(13-16)15-2-1-11-3-15/h1-3,16H. The molecule has 0 radical (unpaired) electrons. The molecule has 0 amide bonds. The van der Waals surface area contributed by atoms with Gasteiger partial charge in [0.2, 0.25) is 11.7 Å². The average molecular weight is 247 g/mol. The van der Waals surface area contributed by atoms with Crippen molar-refractivity contribution in [3.05, 3.63) is 30.4 Å². The third-order valence-electron chi connectivity index (χ3n) is 1.71. The fraction of sp³-hybridized carbons (Fsp3) is 0.143. The third kappa shape index (κ3) is 2.09. The van der Waals surface area contributed by atoms with Gasteiger partial charge in [0.1, 0.15) is 6.33 Å². The summed E-state index contributed by atoms with van der Waals surface area (Å²) in [6, 6.07) is 0. The summed E-state index contributed by atoms with van der Waals surface area (Å²) in [4.78, 5) is 6.70. The molecule has 0 spiro atoms. The Balaban J connectivity index is 2.38. The van der Waals surface area contributed by atoms with Gasteiger partial charge in [-0.1, -0.05) is 10.3 Å². The molecule has 0 atom stereocenters. The molecule has 0 fully saturated rings. The summed E-state index contributed by atoms with van der Waals surface area (Å²) in [5.41, 5.74) is 0. The second kappa shape index (κ2) is 3.88. The summed E-state index contributed by atoms with van der Waals surface area (Å²) in [7, 11) is 0. The molecule has 7 nitrogen and oxygen atoms in total. The highest BCUT2D eigenvalue weighted by Gasteiger charge is 2.39. The van der Waals surface area contributed by atoms with Gasteiger partial charge in [-0.3, -0.25) is 4.57 Å². The predicted octanol–water partition coefficient (Wildman–Crippen LogP) is 0.969. The lowest BCUT2D eigenvalue weighted by molar-refractivity contribution is -0.159. The lowest BCUT2D eigenvalue weighted by atomic mass is 10.5. The summed E-state index contributed by atoms with van der Waals surface area (Å²) in [5.74, 6) is -2.35. The van der Waals surface area contributed by atoms with Crippen LogP contribution in [0.15, 0.2) is 28.4 Å². The zero-order valence-corrected chi connectivity index (χ0v) is 7.96. The number of rotatable bonds is 1. The van der Waals surface area contributed by atoms with Gasteiger partial charge < -0.3 is 9.73 Å². The van der Waals surface area contributed by atoms with Crippen LogP contribution in [0.3, 0.4) is 0 Å². The Bertz CT molecular complexity index is 530. The van der Waals surface area contributed by atoms with Gasteiger partial charge in [0.05, 0.1) is 0 Å². The van der Waals surface area contributed by atoms with Gasteiger partial charge in [0.25, 0.3) is 0 Å². The molecule has 0 aromatic carbocycles. The van der Waals surface area contributed by atoms with E-state index in [2.05, 4.69) is 24.8 Å². The zero-order chi connectivity index (χ0) is 12.5. The number of hydrogen-bond acceptors (Lipinski definition) is 6. The van der Waals surface area contributed by atoms with Crippen LogP contribution in [0.5, 0.6) is 0 Å². The molecule has 0 aliphatic rings. The molecule has 0 saturated heterocycles. The van der Waals surface area contributed by atoms with Crippen molar-refractivity contribution in [3.63, 3.8) is 0 Å². The molecule has 17 heavy (non-hydrogen) atoms. The van der Waals surface area contributed by atoms with Crippen molar-refractivity contribution >= 4 is 5.84 Å². The Labute approximate surface area is 91.2 Å². The van der Waals surface area contributed by atoms with E-state index >= 15 is 0 Å². The van der Waals surface area contributed by atoms with Gasteiger partial charge in [-0.2, -0.15) is 18.2 Å². The monoisotopic (exact) mass is 247 g/mol. The summed E-state index contributed by atoms with van der Waals surface area (Å²) < 4.78 is 41.7. The Hall–Kier alpha value is -2.39. The van der Waals surface area contributed by atoms with Crippen LogP contribution in [0.4, 0.5) is 13.2 Å². The Morgan fingerprint density at radius 3 is 2.71 bits per heavy atom. The number of aromatic nitrogens is 4. The van der Waals surface area contributed by atoms with Gasteiger partial charge in [-0.25, -0.2) is 4.98 Å². The number of oxime groups is 1. The minimum atomic E-state index is -4.75. The number of imidazole rings is 1. The molecule has 2 heterocycles. The normalized spacial score (nSPS) is 13.0. The van der Waals surface area contributed by atoms with E-state index in [4.69, 9.17) is 5.21 Å². The van der Waals surface area contributed by atoms with Crippen LogP contribution in [-0.2, 0) is 6.18 Å². The van der Waals surface area contributed by atoms with Crippen LogP contribution < -0.4 is 0 Å². The molecule has 1 N–H and O–H groups in total. The first-order valence-corrected chi connectivity index (χ1v) is 4.14. The molecular formula is C7H4F3N5O2. The number of nitrogens with zero attached hydrogens (tertiary/aromatic N) is 5. The smallest absolute Gasteiger partial charge is 0.409 e. The van der Waals surface area contributed by atoms with E-state index in [0.717, 1.165) is 4.57 Å². The minimum absolute atomic E-state index is 0.332. The highest BCUT2D eigenvalue weighted by molar-refractivity contribution is 5.96. The van der Waals surface area contributed by atoms with Crippen LogP contribution in [-0.4, -0.2) is 30.7 Å². The quantitative estimate of drug-likeness (QED) is 0.351. The van der Waals surface area contributed by atoms with Crippen molar-refractivity contribution in [3.8, 4) is 0 Å². The molecule has 10 heteroatoms. The predicted molar refractivity (Wildman–Crippen MR) is 45.2 cm³/mol. The van der Waals surface area contributed by atoms with E-state index < -0.39 is 17.9 Å². The average Bonchev–Trinajstić information content (AvgIpc) is 2.87. The van der Waals surface area contributed by atoms with E-state index in [1.807, 2.05) is 0 Å². The fourth-order valence-corrected chi connectivity index (χ4v) is 1.03. The number of alkyl halides is 3. The highest BCUT2D eigenvalue weighted by atomic mass is 19.4. The number of halogens is 3. The van der Waals surface area contributed by atoms with Gasteiger partial charge >= 0.3 is 12.1 Å². The Kier molecular flexibility index (Phi) is 2.54. The lowest BCUT2D eigenvalue weighted by Crippen LogP contribution is -2.14. The van der Waals surface area contributed by atoms with Gasteiger partial charge in [0, 0.05) is 12.4 Å². The van der Waals surface area contributed by atoms with E-state index in [9.17, 15) is 13.2 Å². The highest BCUT2D eigenvalue weighted by Crippen LogP contribution is 2.27. The maximum Gasteiger partial charge on any atom is 0.471 e. The first-order chi connectivity index (χ1) is 8.02. The molecule has 2 aromatic heterocycles. The van der Waals surface area contributed by atoms with Gasteiger partial charge in [-0.05, 0) is 0 Å². The van der Waals surface area contributed by atoms with E-state index in [0.29, 0.717) is 0 Å². The topological polar surface area (TPSA) is 89.3 Å². The second-order valence-corrected chi connectivity index (χ2v) is 2.81. The van der Waals surface area contributed by atoms with Gasteiger partial charge in [-0.15, -0.1) is 0 Å². The molecular weight excluding hydrogens is 243 g/mol. The fourth-order valence-electron chi connectivity index (χ4n) is 1.03. The second-order valence-electron chi connectivity index (χ2n) is 2.81. The minimum Gasteiger partial charge on any atom is -0.409 e. The van der Waals surface area contributed by atoms with Gasteiger partial charge in [0.15, 0.2) is 0 Å². The molecule has 90 valence electrons. The zero-order valence-electron chi connectivity index (χ0n) is 7.96. The van der Waals surface area contributed by atoms with E-state index in [1.54, 1.807) is 0 Å². The first kappa shape index (κ1) is 11.1. The van der Waals surface area contributed by atoms with E-state index in [1.165, 1.54) is 18.7 Å². The molecule has 0 aliphatic heterocycles. The van der Waals surface area contributed by atoms with E-state index in [-0.39, 0.29) is 5.84 Å². The van der Waals surface area contributed by atoms with Crippen LogP contribution in [0.1, 0.15) is 11.7 Å². The van der Waals surface area contributed by atoms with Crippen molar-refractivity contribution < 1.29 is 22.9 Å². The maximum atomic E-state index is 12.2. The summed E-state index contributed by atoms with van der Waals surface area (Å²) in [6.07, 6.45) is -0.853. The van der Waals surface area contributed by atoms with Crippen LogP contribution in [0.2, 0.25) is 0 Å². The van der Waals surface area contributed by atoms with Crippen molar-refractivity contribution in [2.45, 2.75) is 6.18 Å². The van der Waals surface area contributed by atoms with Crippen LogP contribution in [0.25, 0.3) is 0 Å². The molecule has 2 aromatic rings. The number of hydrogen-bond donors (Lipinski definition) is 1. The van der Waals surface area contributed by atoms with Crippen molar-refractivity contribution in [2.24, 2.45) is 5.16 Å². The third-order valence-corrected chi connectivity index (χ3v) is 1.71.